The number of rotatable bonds is 5. The van der Waals surface area contributed by atoms with E-state index in [1.54, 1.807) is 0 Å². The number of carbonyl (C=O) groups excluding carboxylic acids is 1. The van der Waals surface area contributed by atoms with Gasteiger partial charge in [0, 0.05) is 31.6 Å². The van der Waals surface area contributed by atoms with Crippen molar-refractivity contribution in [2.75, 3.05) is 13.6 Å². The monoisotopic (exact) mass is 462 g/mol. The molecule has 3 aliphatic carbocycles. The van der Waals surface area contributed by atoms with E-state index in [4.69, 9.17) is 0 Å². The van der Waals surface area contributed by atoms with Gasteiger partial charge in [0.05, 0.1) is 0 Å². The smallest absolute Gasteiger partial charge is 0.223 e. The highest BCUT2D eigenvalue weighted by atomic mass is 127. The molecule has 3 fully saturated rings. The normalized spacial score (nSPS) is 28.8. The number of carbonyl (C=O) groups is 1. The molecular weight excluding hydrogens is 427 g/mol. The van der Waals surface area contributed by atoms with E-state index < -0.39 is 0 Å². The molecule has 0 aromatic carbocycles. The van der Waals surface area contributed by atoms with Crippen molar-refractivity contribution < 1.29 is 4.79 Å². The van der Waals surface area contributed by atoms with Crippen LogP contribution in [0, 0.1) is 11.3 Å². The topological polar surface area (TPSA) is 65.5 Å². The summed E-state index contributed by atoms with van der Waals surface area (Å²) in [5, 5.41) is 10.2. The molecule has 0 aromatic heterocycles. The summed E-state index contributed by atoms with van der Waals surface area (Å²) in [6.07, 6.45) is 11.9. The zero-order chi connectivity index (χ0) is 17.0. The van der Waals surface area contributed by atoms with E-state index in [0.717, 1.165) is 51.0 Å². The lowest BCUT2D eigenvalue weighted by Gasteiger charge is -2.31. The maximum absolute atomic E-state index is 12.3. The number of guanidine groups is 1. The third-order valence-electron chi connectivity index (χ3n) is 6.03. The standard InChI is InChI=1S/C19H34N4O.HI/c1-19(10-3-4-11-19)13-21-18(20-2)23-16-7-5-6-14(12-16)17(24)22-15-8-9-15;/h14-16H,3-13H2,1-2H3,(H,22,24)(H2,20,21,23);1H. The van der Waals surface area contributed by atoms with Gasteiger partial charge < -0.3 is 16.0 Å². The molecule has 2 atom stereocenters. The Kier molecular flexibility index (Phi) is 7.83. The van der Waals surface area contributed by atoms with Crippen molar-refractivity contribution in [1.82, 2.24) is 16.0 Å². The van der Waals surface area contributed by atoms with Crippen LogP contribution in [-0.4, -0.2) is 37.5 Å². The van der Waals surface area contributed by atoms with Crippen LogP contribution in [0.5, 0.6) is 0 Å². The third-order valence-corrected chi connectivity index (χ3v) is 6.03. The molecule has 5 nitrogen and oxygen atoms in total. The van der Waals surface area contributed by atoms with Gasteiger partial charge in [0.1, 0.15) is 0 Å². The van der Waals surface area contributed by atoms with Crippen LogP contribution >= 0.6 is 24.0 Å². The molecule has 2 unspecified atom stereocenters. The van der Waals surface area contributed by atoms with Crippen molar-refractivity contribution in [3.63, 3.8) is 0 Å². The maximum atomic E-state index is 12.3. The van der Waals surface area contributed by atoms with E-state index in [1.165, 1.54) is 25.7 Å². The van der Waals surface area contributed by atoms with Crippen molar-refractivity contribution in [3.05, 3.63) is 0 Å². The first-order valence-corrected chi connectivity index (χ1v) is 9.85. The van der Waals surface area contributed by atoms with Gasteiger partial charge in [0.15, 0.2) is 5.96 Å². The number of nitrogens with zero attached hydrogens (tertiary/aromatic N) is 1. The van der Waals surface area contributed by atoms with Gasteiger partial charge in [-0.25, -0.2) is 0 Å². The molecule has 3 N–H and O–H groups in total. The van der Waals surface area contributed by atoms with Gasteiger partial charge in [-0.05, 0) is 50.4 Å². The van der Waals surface area contributed by atoms with Crippen LogP contribution in [0.15, 0.2) is 4.99 Å². The first-order valence-electron chi connectivity index (χ1n) is 9.85. The Balaban J connectivity index is 0.00000225. The van der Waals surface area contributed by atoms with E-state index in [0.29, 0.717) is 17.5 Å². The Bertz CT molecular complexity index is 472. The highest BCUT2D eigenvalue weighted by Crippen LogP contribution is 2.36. The summed E-state index contributed by atoms with van der Waals surface area (Å²) in [5.74, 6) is 1.34. The van der Waals surface area contributed by atoms with Gasteiger partial charge in [0.25, 0.3) is 0 Å². The van der Waals surface area contributed by atoms with Gasteiger partial charge in [-0.15, -0.1) is 24.0 Å². The Morgan fingerprint density at radius 2 is 1.76 bits per heavy atom. The average Bonchev–Trinajstić information content (AvgIpc) is 3.30. The van der Waals surface area contributed by atoms with Crippen LogP contribution in [-0.2, 0) is 4.79 Å². The molecule has 0 aromatic rings. The maximum Gasteiger partial charge on any atom is 0.223 e. The van der Waals surface area contributed by atoms with E-state index in [1.807, 2.05) is 7.05 Å². The zero-order valence-corrected chi connectivity index (χ0v) is 18.1. The van der Waals surface area contributed by atoms with Gasteiger partial charge >= 0.3 is 0 Å². The molecule has 0 aliphatic heterocycles. The summed E-state index contributed by atoms with van der Waals surface area (Å²) in [6, 6.07) is 0.823. The molecule has 3 aliphatic rings. The number of halogens is 1. The van der Waals surface area contributed by atoms with Crippen LogP contribution in [0.4, 0.5) is 0 Å². The van der Waals surface area contributed by atoms with Crippen molar-refractivity contribution in [2.45, 2.75) is 83.2 Å². The first-order chi connectivity index (χ1) is 11.6. The van der Waals surface area contributed by atoms with Crippen LogP contribution in [0.25, 0.3) is 0 Å². The summed E-state index contributed by atoms with van der Waals surface area (Å²) < 4.78 is 0. The second-order valence-electron chi connectivity index (χ2n) is 8.43. The number of aliphatic imine (C=N–C) groups is 1. The lowest BCUT2D eigenvalue weighted by atomic mass is 9.85. The Labute approximate surface area is 169 Å². The minimum Gasteiger partial charge on any atom is -0.356 e. The fourth-order valence-electron chi connectivity index (χ4n) is 4.20. The fraction of sp³-hybridized carbons (Fsp3) is 0.895. The van der Waals surface area contributed by atoms with Crippen molar-refractivity contribution in [3.8, 4) is 0 Å². The molecule has 0 heterocycles. The first kappa shape index (κ1) is 20.8. The van der Waals surface area contributed by atoms with E-state index in [9.17, 15) is 4.79 Å². The molecule has 144 valence electrons. The molecule has 6 heteroatoms. The number of hydrogen-bond acceptors (Lipinski definition) is 2. The molecule has 3 saturated carbocycles. The summed E-state index contributed by atoms with van der Waals surface area (Å²) in [7, 11) is 1.84. The Morgan fingerprint density at radius 1 is 1.04 bits per heavy atom. The number of nitrogens with one attached hydrogen (secondary N) is 3. The summed E-state index contributed by atoms with van der Waals surface area (Å²) >= 11 is 0. The molecule has 1 amide bonds. The molecule has 0 saturated heterocycles. The highest BCUT2D eigenvalue weighted by molar-refractivity contribution is 14.0. The van der Waals surface area contributed by atoms with E-state index in [2.05, 4.69) is 27.9 Å². The molecular formula is C19H35IN4O. The lowest BCUT2D eigenvalue weighted by Crippen LogP contribution is -2.49. The van der Waals surface area contributed by atoms with Gasteiger partial charge in [-0.3, -0.25) is 9.79 Å². The molecule has 25 heavy (non-hydrogen) atoms. The van der Waals surface area contributed by atoms with Gasteiger partial charge in [-0.2, -0.15) is 0 Å². The molecule has 3 rings (SSSR count). The Hall–Kier alpha value is -0.530. The molecule has 0 bridgehead atoms. The summed E-state index contributed by atoms with van der Waals surface area (Å²) in [4.78, 5) is 16.7. The largest absolute Gasteiger partial charge is 0.356 e. The molecule has 0 spiro atoms. The van der Waals surface area contributed by atoms with Gasteiger partial charge in [-0.1, -0.05) is 26.2 Å². The molecule has 0 radical (unpaired) electrons. The van der Waals surface area contributed by atoms with Crippen LogP contribution in [0.2, 0.25) is 0 Å². The van der Waals surface area contributed by atoms with Crippen molar-refractivity contribution in [1.29, 1.82) is 0 Å². The van der Waals surface area contributed by atoms with Crippen LogP contribution in [0.3, 0.4) is 0 Å². The van der Waals surface area contributed by atoms with Crippen LogP contribution in [0.1, 0.15) is 71.1 Å². The van der Waals surface area contributed by atoms with Gasteiger partial charge in [0.2, 0.25) is 5.91 Å². The lowest BCUT2D eigenvalue weighted by molar-refractivity contribution is -0.126. The minimum atomic E-state index is 0. The number of amides is 1. The Morgan fingerprint density at radius 3 is 2.40 bits per heavy atom. The predicted octanol–water partition coefficient (Wildman–Crippen LogP) is 3.19. The second kappa shape index (κ2) is 9.42. The zero-order valence-electron chi connectivity index (χ0n) is 15.8. The van der Waals surface area contributed by atoms with Crippen molar-refractivity contribution in [2.24, 2.45) is 16.3 Å². The fourth-order valence-corrected chi connectivity index (χ4v) is 4.20. The summed E-state index contributed by atoms with van der Waals surface area (Å²) in [5.41, 5.74) is 0.414. The van der Waals surface area contributed by atoms with E-state index >= 15 is 0 Å². The van der Waals surface area contributed by atoms with E-state index in [-0.39, 0.29) is 35.8 Å². The number of hydrogen-bond donors (Lipinski definition) is 3. The van der Waals surface area contributed by atoms with Crippen molar-refractivity contribution >= 4 is 35.8 Å². The highest BCUT2D eigenvalue weighted by Gasteiger charge is 2.32. The van der Waals surface area contributed by atoms with Crippen LogP contribution < -0.4 is 16.0 Å². The quantitative estimate of drug-likeness (QED) is 0.334. The predicted molar refractivity (Wildman–Crippen MR) is 113 cm³/mol. The SMILES string of the molecule is CN=C(NCC1(C)CCCC1)NC1CCCC(C(=O)NC2CC2)C1.I. The third kappa shape index (κ3) is 6.29. The minimum absolute atomic E-state index is 0. The summed E-state index contributed by atoms with van der Waals surface area (Å²) in [6.45, 7) is 3.37. The average molecular weight is 462 g/mol. The second-order valence-corrected chi connectivity index (χ2v) is 8.43.